The van der Waals surface area contributed by atoms with Gasteiger partial charge in [0.05, 0.1) is 17.9 Å². The summed E-state index contributed by atoms with van der Waals surface area (Å²) in [5, 5.41) is 3.80. The molecule has 0 radical (unpaired) electrons. The molecule has 0 saturated heterocycles. The van der Waals surface area contributed by atoms with Gasteiger partial charge in [-0.3, -0.25) is 0 Å². The van der Waals surface area contributed by atoms with Crippen molar-refractivity contribution in [2.75, 3.05) is 0 Å². The van der Waals surface area contributed by atoms with Crippen LogP contribution in [0.1, 0.15) is 56.0 Å². The van der Waals surface area contributed by atoms with Crippen molar-refractivity contribution in [2.45, 2.75) is 51.1 Å². The number of aromatic nitrogens is 2. The Bertz CT molecular complexity index is 1110. The number of imidazole rings is 1. The molecule has 33 heavy (non-hydrogen) atoms. The van der Waals surface area contributed by atoms with Gasteiger partial charge in [0.15, 0.2) is 0 Å². The normalized spacial score (nSPS) is 15.4. The Balaban J connectivity index is 1.33. The number of hydrogen-bond donors (Lipinski definition) is 2. The van der Waals surface area contributed by atoms with Gasteiger partial charge < -0.3 is 10.3 Å². The van der Waals surface area contributed by atoms with E-state index in [2.05, 4.69) is 95.2 Å². The topological polar surface area (TPSA) is 40.7 Å². The summed E-state index contributed by atoms with van der Waals surface area (Å²) < 4.78 is 0. The maximum absolute atomic E-state index is 4.83. The molecule has 2 N–H and O–H groups in total. The highest BCUT2D eigenvalue weighted by Crippen LogP contribution is 2.32. The molecule has 4 aromatic rings. The van der Waals surface area contributed by atoms with Gasteiger partial charge >= 0.3 is 0 Å². The molecule has 0 spiro atoms. The van der Waals surface area contributed by atoms with Crippen LogP contribution in [0.4, 0.5) is 0 Å². The molecule has 168 valence electrons. The van der Waals surface area contributed by atoms with Crippen LogP contribution in [-0.4, -0.2) is 9.97 Å². The number of rotatable bonds is 8. The zero-order valence-electron chi connectivity index (χ0n) is 19.2. The predicted molar refractivity (Wildman–Crippen MR) is 137 cm³/mol. The first-order valence-electron chi connectivity index (χ1n) is 12.3. The van der Waals surface area contributed by atoms with E-state index in [-0.39, 0.29) is 6.04 Å². The van der Waals surface area contributed by atoms with Gasteiger partial charge in [-0.2, -0.15) is 0 Å². The van der Waals surface area contributed by atoms with Crippen LogP contribution in [0.2, 0.25) is 0 Å². The zero-order chi connectivity index (χ0) is 22.3. The summed E-state index contributed by atoms with van der Waals surface area (Å²) >= 11 is 0. The van der Waals surface area contributed by atoms with Crippen LogP contribution < -0.4 is 5.32 Å². The molecule has 0 aliphatic heterocycles. The van der Waals surface area contributed by atoms with Crippen molar-refractivity contribution in [1.29, 1.82) is 0 Å². The maximum Gasteiger partial charge on any atom is 0.123 e. The molecule has 1 fully saturated rings. The van der Waals surface area contributed by atoms with Crippen LogP contribution >= 0.6 is 0 Å². The molecular weight excluding hydrogens is 402 g/mol. The number of H-pyrrole nitrogens is 1. The van der Waals surface area contributed by atoms with E-state index in [0.29, 0.717) is 0 Å². The van der Waals surface area contributed by atoms with Crippen LogP contribution in [0.25, 0.3) is 22.4 Å². The second-order valence-corrected chi connectivity index (χ2v) is 9.28. The van der Waals surface area contributed by atoms with Gasteiger partial charge in [-0.1, -0.05) is 117 Å². The minimum absolute atomic E-state index is 0.241. The van der Waals surface area contributed by atoms with Gasteiger partial charge in [-0.25, -0.2) is 4.98 Å². The fourth-order valence-electron chi connectivity index (χ4n) is 5.02. The van der Waals surface area contributed by atoms with Gasteiger partial charge in [0.1, 0.15) is 5.82 Å². The van der Waals surface area contributed by atoms with E-state index < -0.39 is 0 Å². The van der Waals surface area contributed by atoms with Crippen LogP contribution in [-0.2, 0) is 6.54 Å². The Hall–Kier alpha value is -3.17. The average Bonchev–Trinajstić information content (AvgIpc) is 3.39. The average molecular weight is 436 g/mol. The highest BCUT2D eigenvalue weighted by Gasteiger charge is 2.22. The first-order valence-corrected chi connectivity index (χ1v) is 12.3. The highest BCUT2D eigenvalue weighted by molar-refractivity contribution is 5.68. The lowest BCUT2D eigenvalue weighted by atomic mass is 9.84. The molecule has 1 aliphatic rings. The van der Waals surface area contributed by atoms with Gasteiger partial charge in [0.25, 0.3) is 0 Å². The summed E-state index contributed by atoms with van der Waals surface area (Å²) in [4.78, 5) is 8.47. The second-order valence-electron chi connectivity index (χ2n) is 9.28. The van der Waals surface area contributed by atoms with Crippen molar-refractivity contribution in [3.8, 4) is 22.4 Å². The van der Waals surface area contributed by atoms with Crippen molar-refractivity contribution < 1.29 is 0 Å². The summed E-state index contributed by atoms with van der Waals surface area (Å²) in [5.41, 5.74) is 6.05. The lowest BCUT2D eigenvalue weighted by molar-refractivity contribution is 0.294. The lowest BCUT2D eigenvalue weighted by Gasteiger charge is -2.26. The molecular formula is C30H33N3. The summed E-state index contributed by atoms with van der Waals surface area (Å²) in [7, 11) is 0. The predicted octanol–water partition coefficient (Wildman–Crippen LogP) is 7.55. The smallest absolute Gasteiger partial charge is 0.123 e. The van der Waals surface area contributed by atoms with Crippen molar-refractivity contribution in [3.63, 3.8) is 0 Å². The maximum atomic E-state index is 4.83. The monoisotopic (exact) mass is 435 g/mol. The Labute approximate surface area is 197 Å². The number of aromatic amines is 1. The third-order valence-corrected chi connectivity index (χ3v) is 6.92. The van der Waals surface area contributed by atoms with E-state index in [1.807, 2.05) is 6.20 Å². The standard InChI is InChI=1S/C30H33N3/c1-4-10-23(11-5-1)20-28(31-21-24-12-6-2-7-13-24)30-32-22-29(33-30)27-18-16-26(17-19-27)25-14-8-3-9-15-25/h2-3,6-9,12-19,22-23,28,31H,1,4-5,10-11,20-21H2,(H,32,33)/t28-/m1/s1. The van der Waals surface area contributed by atoms with E-state index in [4.69, 9.17) is 4.98 Å². The van der Waals surface area contributed by atoms with Crippen molar-refractivity contribution >= 4 is 0 Å². The van der Waals surface area contributed by atoms with Crippen molar-refractivity contribution in [2.24, 2.45) is 5.92 Å². The van der Waals surface area contributed by atoms with Crippen LogP contribution in [0.5, 0.6) is 0 Å². The molecule has 1 saturated carbocycles. The van der Waals surface area contributed by atoms with Crippen LogP contribution in [0, 0.1) is 5.92 Å². The highest BCUT2D eigenvalue weighted by atomic mass is 15.0. The molecule has 1 aliphatic carbocycles. The fourth-order valence-corrected chi connectivity index (χ4v) is 5.02. The van der Waals surface area contributed by atoms with Gasteiger partial charge in [-0.15, -0.1) is 0 Å². The quantitative estimate of drug-likeness (QED) is 0.300. The van der Waals surface area contributed by atoms with Crippen LogP contribution in [0.3, 0.4) is 0 Å². The summed E-state index contributed by atoms with van der Waals surface area (Å²) in [5.74, 6) is 1.84. The molecule has 0 unspecified atom stereocenters. The molecule has 1 atom stereocenters. The van der Waals surface area contributed by atoms with Crippen LogP contribution in [0.15, 0.2) is 91.1 Å². The van der Waals surface area contributed by atoms with E-state index in [1.54, 1.807) is 0 Å². The van der Waals surface area contributed by atoms with Gasteiger partial charge in [-0.05, 0) is 34.6 Å². The largest absolute Gasteiger partial charge is 0.341 e. The van der Waals surface area contributed by atoms with Crippen molar-refractivity contribution in [3.05, 3.63) is 103 Å². The lowest BCUT2D eigenvalue weighted by Crippen LogP contribution is -2.25. The van der Waals surface area contributed by atoms with Crippen molar-refractivity contribution in [1.82, 2.24) is 15.3 Å². The van der Waals surface area contributed by atoms with Gasteiger partial charge in [0.2, 0.25) is 0 Å². The summed E-state index contributed by atoms with van der Waals surface area (Å²) in [6.45, 7) is 0.861. The molecule has 5 rings (SSSR count). The molecule has 0 bridgehead atoms. The first-order chi connectivity index (χ1) is 16.3. The Morgan fingerprint density at radius 3 is 2.12 bits per heavy atom. The number of nitrogens with zero attached hydrogens (tertiary/aromatic N) is 1. The Kier molecular flexibility index (Phi) is 6.98. The second kappa shape index (κ2) is 10.6. The Morgan fingerprint density at radius 2 is 1.39 bits per heavy atom. The molecule has 3 nitrogen and oxygen atoms in total. The van der Waals surface area contributed by atoms with E-state index in [9.17, 15) is 0 Å². The Morgan fingerprint density at radius 1 is 0.758 bits per heavy atom. The minimum Gasteiger partial charge on any atom is -0.341 e. The zero-order valence-corrected chi connectivity index (χ0v) is 19.2. The molecule has 1 aromatic heterocycles. The molecule has 0 amide bonds. The fraction of sp³-hybridized carbons (Fsp3) is 0.300. The molecule has 3 aromatic carbocycles. The van der Waals surface area contributed by atoms with E-state index >= 15 is 0 Å². The SMILES string of the molecule is c1ccc(CN[C@H](CC2CCCCC2)c2ncc(-c3ccc(-c4ccccc4)cc3)[nH]2)cc1. The third-order valence-electron chi connectivity index (χ3n) is 6.92. The number of hydrogen-bond acceptors (Lipinski definition) is 2. The minimum atomic E-state index is 0.241. The van der Waals surface area contributed by atoms with Gasteiger partial charge in [0, 0.05) is 6.54 Å². The van der Waals surface area contributed by atoms with E-state index in [0.717, 1.165) is 30.4 Å². The summed E-state index contributed by atoms with van der Waals surface area (Å²) in [6.07, 6.45) is 9.96. The van der Waals surface area contributed by atoms with E-state index in [1.165, 1.54) is 54.4 Å². The number of benzene rings is 3. The molecule has 1 heterocycles. The molecule has 3 heteroatoms. The third kappa shape index (κ3) is 5.61. The first kappa shape index (κ1) is 21.7. The number of nitrogens with one attached hydrogen (secondary N) is 2. The summed E-state index contributed by atoms with van der Waals surface area (Å²) in [6, 6.07) is 30.2.